The van der Waals surface area contributed by atoms with Crippen LogP contribution in [-0.2, 0) is 11.3 Å². The van der Waals surface area contributed by atoms with Crippen molar-refractivity contribution in [2.45, 2.75) is 26.3 Å². The molecule has 0 spiro atoms. The smallest absolute Gasteiger partial charge is 0.254 e. The number of nitrogens with zero attached hydrogens (tertiary/aromatic N) is 2. The van der Waals surface area contributed by atoms with E-state index in [1.807, 2.05) is 12.1 Å². The summed E-state index contributed by atoms with van der Waals surface area (Å²) >= 11 is 0. The number of rotatable bonds is 6. The Kier molecular flexibility index (Phi) is 6.60. The Labute approximate surface area is 142 Å². The van der Waals surface area contributed by atoms with Gasteiger partial charge in [-0.1, -0.05) is 25.5 Å². The Morgan fingerprint density at radius 1 is 1.38 bits per heavy atom. The Balaban J connectivity index is 1.89. The maximum absolute atomic E-state index is 12.4. The maximum Gasteiger partial charge on any atom is 0.254 e. The molecule has 7 heteroatoms. The normalized spacial score (nSPS) is 15.1. The van der Waals surface area contributed by atoms with Crippen molar-refractivity contribution in [1.82, 2.24) is 15.5 Å². The zero-order chi connectivity index (χ0) is 17.4. The molecule has 1 fully saturated rings. The van der Waals surface area contributed by atoms with Crippen molar-refractivity contribution < 1.29 is 9.59 Å². The summed E-state index contributed by atoms with van der Waals surface area (Å²) < 4.78 is 0. The lowest BCUT2D eigenvalue weighted by molar-refractivity contribution is -0.123. The lowest BCUT2D eigenvalue weighted by Crippen LogP contribution is -2.49. The second kappa shape index (κ2) is 8.90. The van der Waals surface area contributed by atoms with Gasteiger partial charge in [-0.3, -0.25) is 9.59 Å². The Bertz CT molecular complexity index is 598. The standard InChI is InChI=1S/C17H25N5O2/c1-2-3-8-20-17(18)21-11-13-4-6-14(7-5-13)16(24)22-10-9-19-15(23)12-22/h4-7H,2-3,8-12H2,1H3,(H,19,23)(H3,18,20,21). The molecule has 0 unspecified atom stereocenters. The number of hydrogen-bond donors (Lipinski definition) is 3. The summed E-state index contributed by atoms with van der Waals surface area (Å²) in [6.45, 7) is 4.56. The van der Waals surface area contributed by atoms with E-state index in [4.69, 9.17) is 5.73 Å². The molecule has 0 radical (unpaired) electrons. The summed E-state index contributed by atoms with van der Waals surface area (Å²) in [6.07, 6.45) is 2.16. The summed E-state index contributed by atoms with van der Waals surface area (Å²) in [4.78, 5) is 29.6. The third-order valence-electron chi connectivity index (χ3n) is 3.79. The van der Waals surface area contributed by atoms with Gasteiger partial charge in [-0.15, -0.1) is 0 Å². The summed E-state index contributed by atoms with van der Waals surface area (Å²) in [5.74, 6) is 0.190. The number of hydrogen-bond acceptors (Lipinski definition) is 3. The number of piperazine rings is 1. The van der Waals surface area contributed by atoms with E-state index in [1.165, 1.54) is 0 Å². The molecule has 7 nitrogen and oxygen atoms in total. The third kappa shape index (κ3) is 5.26. The van der Waals surface area contributed by atoms with Crippen molar-refractivity contribution in [1.29, 1.82) is 0 Å². The quantitative estimate of drug-likeness (QED) is 0.401. The van der Waals surface area contributed by atoms with Crippen molar-refractivity contribution in [3.63, 3.8) is 0 Å². The fourth-order valence-electron chi connectivity index (χ4n) is 2.37. The molecule has 4 N–H and O–H groups in total. The van der Waals surface area contributed by atoms with Gasteiger partial charge in [-0.25, -0.2) is 4.99 Å². The van der Waals surface area contributed by atoms with Gasteiger partial charge < -0.3 is 21.3 Å². The largest absolute Gasteiger partial charge is 0.370 e. The van der Waals surface area contributed by atoms with Crippen molar-refractivity contribution in [2.24, 2.45) is 10.7 Å². The summed E-state index contributed by atoms with van der Waals surface area (Å²) in [5, 5.41) is 5.77. The molecule has 0 bridgehead atoms. The lowest BCUT2D eigenvalue weighted by Gasteiger charge is -2.26. The number of carbonyl (C=O) groups excluding carboxylic acids is 2. The minimum absolute atomic E-state index is 0.116. The molecule has 0 saturated carbocycles. The predicted octanol–water partition coefficient (Wildman–Crippen LogP) is 0.463. The van der Waals surface area contributed by atoms with Gasteiger partial charge in [0.1, 0.15) is 0 Å². The molecule has 1 aromatic rings. The average Bonchev–Trinajstić information content (AvgIpc) is 2.60. The molecular weight excluding hydrogens is 306 g/mol. The number of amides is 2. The highest BCUT2D eigenvalue weighted by molar-refractivity contribution is 5.97. The highest BCUT2D eigenvalue weighted by atomic mass is 16.2. The molecule has 1 aromatic carbocycles. The Morgan fingerprint density at radius 3 is 2.79 bits per heavy atom. The molecule has 1 aliphatic heterocycles. The highest BCUT2D eigenvalue weighted by Gasteiger charge is 2.21. The van der Waals surface area contributed by atoms with E-state index in [0.717, 1.165) is 24.9 Å². The van der Waals surface area contributed by atoms with Crippen LogP contribution in [0.1, 0.15) is 35.7 Å². The van der Waals surface area contributed by atoms with E-state index in [-0.39, 0.29) is 18.4 Å². The van der Waals surface area contributed by atoms with Crippen LogP contribution in [0.2, 0.25) is 0 Å². The van der Waals surface area contributed by atoms with Crippen LogP contribution in [0.4, 0.5) is 0 Å². The van der Waals surface area contributed by atoms with Gasteiger partial charge in [0.15, 0.2) is 5.96 Å². The van der Waals surface area contributed by atoms with Gasteiger partial charge >= 0.3 is 0 Å². The number of unbranched alkanes of at least 4 members (excludes halogenated alkanes) is 1. The lowest BCUT2D eigenvalue weighted by atomic mass is 10.1. The molecule has 2 rings (SSSR count). The minimum atomic E-state index is -0.124. The first-order valence-corrected chi connectivity index (χ1v) is 8.29. The van der Waals surface area contributed by atoms with Crippen molar-refractivity contribution in [3.05, 3.63) is 35.4 Å². The fraction of sp³-hybridized carbons (Fsp3) is 0.471. The maximum atomic E-state index is 12.4. The zero-order valence-corrected chi connectivity index (χ0v) is 14.0. The minimum Gasteiger partial charge on any atom is -0.370 e. The van der Waals surface area contributed by atoms with Crippen molar-refractivity contribution in [2.75, 3.05) is 26.2 Å². The van der Waals surface area contributed by atoms with Crippen LogP contribution < -0.4 is 16.4 Å². The first-order chi connectivity index (χ1) is 11.6. The van der Waals surface area contributed by atoms with E-state index in [0.29, 0.717) is 31.2 Å². The van der Waals surface area contributed by atoms with E-state index in [2.05, 4.69) is 22.5 Å². The van der Waals surface area contributed by atoms with Crippen LogP contribution >= 0.6 is 0 Å². The summed E-state index contributed by atoms with van der Waals surface area (Å²) in [7, 11) is 0. The van der Waals surface area contributed by atoms with Gasteiger partial charge in [0, 0.05) is 25.2 Å². The van der Waals surface area contributed by atoms with E-state index in [1.54, 1.807) is 17.0 Å². The summed E-state index contributed by atoms with van der Waals surface area (Å²) in [5.41, 5.74) is 7.34. The molecule has 0 aromatic heterocycles. The Hall–Kier alpha value is -2.57. The number of benzene rings is 1. The molecule has 0 aliphatic carbocycles. The number of guanidine groups is 1. The average molecular weight is 331 g/mol. The molecule has 130 valence electrons. The molecule has 2 amide bonds. The molecule has 1 heterocycles. The number of nitrogens with one attached hydrogen (secondary N) is 2. The van der Waals surface area contributed by atoms with E-state index in [9.17, 15) is 9.59 Å². The summed E-state index contributed by atoms with van der Waals surface area (Å²) in [6, 6.07) is 7.25. The molecule has 24 heavy (non-hydrogen) atoms. The van der Waals surface area contributed by atoms with Gasteiger partial charge in [0.25, 0.3) is 5.91 Å². The topological polar surface area (TPSA) is 99.8 Å². The van der Waals surface area contributed by atoms with E-state index >= 15 is 0 Å². The first-order valence-electron chi connectivity index (χ1n) is 8.29. The van der Waals surface area contributed by atoms with Crippen molar-refractivity contribution in [3.8, 4) is 0 Å². The monoisotopic (exact) mass is 331 g/mol. The zero-order valence-electron chi connectivity index (χ0n) is 14.0. The van der Waals surface area contributed by atoms with Crippen LogP contribution in [0.15, 0.2) is 29.3 Å². The van der Waals surface area contributed by atoms with Crippen LogP contribution in [-0.4, -0.2) is 48.9 Å². The van der Waals surface area contributed by atoms with Gasteiger partial charge in [-0.2, -0.15) is 0 Å². The highest BCUT2D eigenvalue weighted by Crippen LogP contribution is 2.09. The SMILES string of the molecule is CCCCNC(N)=NCc1ccc(C(=O)N2CCNC(=O)C2)cc1. The van der Waals surface area contributed by atoms with Gasteiger partial charge in [0.05, 0.1) is 13.1 Å². The Morgan fingerprint density at radius 2 is 2.12 bits per heavy atom. The second-order valence-corrected chi connectivity index (χ2v) is 5.76. The number of carbonyl (C=O) groups is 2. The molecule has 1 saturated heterocycles. The number of nitrogens with two attached hydrogens (primary N) is 1. The fourth-order valence-corrected chi connectivity index (χ4v) is 2.37. The predicted molar refractivity (Wildman–Crippen MR) is 93.6 cm³/mol. The van der Waals surface area contributed by atoms with Crippen molar-refractivity contribution >= 4 is 17.8 Å². The molecule has 0 atom stereocenters. The first kappa shape index (κ1) is 17.8. The molecular formula is C17H25N5O2. The van der Waals surface area contributed by atoms with E-state index < -0.39 is 0 Å². The van der Waals surface area contributed by atoms with Gasteiger partial charge in [0.2, 0.25) is 5.91 Å². The third-order valence-corrected chi connectivity index (χ3v) is 3.79. The molecule has 1 aliphatic rings. The number of aliphatic imine (C=N–C) groups is 1. The van der Waals surface area contributed by atoms with Crippen LogP contribution in [0.3, 0.4) is 0 Å². The van der Waals surface area contributed by atoms with Crippen LogP contribution in [0.25, 0.3) is 0 Å². The van der Waals surface area contributed by atoms with Crippen LogP contribution in [0.5, 0.6) is 0 Å². The van der Waals surface area contributed by atoms with Gasteiger partial charge in [-0.05, 0) is 24.1 Å². The van der Waals surface area contributed by atoms with Crippen LogP contribution in [0, 0.1) is 0 Å². The second-order valence-electron chi connectivity index (χ2n) is 5.76.